The van der Waals surface area contributed by atoms with Gasteiger partial charge in [-0.15, -0.1) is 0 Å². The van der Waals surface area contributed by atoms with Gasteiger partial charge in [0, 0.05) is 19.7 Å². The Kier molecular flexibility index (Phi) is 4.07. The molecular weight excluding hydrogens is 290 g/mol. The lowest BCUT2D eigenvalue weighted by Crippen LogP contribution is -2.31. The zero-order valence-electron chi connectivity index (χ0n) is 10.4. The average molecular weight is 305 g/mol. The minimum absolute atomic E-state index is 0.0251. The van der Waals surface area contributed by atoms with Gasteiger partial charge in [0.1, 0.15) is 4.21 Å². The Balaban J connectivity index is 2.17. The zero-order valence-corrected chi connectivity index (χ0v) is 12.0. The topological polar surface area (TPSA) is 101 Å². The standard InChI is InChI=1S/C10H15N3O4S2/c1-11-10-8(13(14)15)5-9(18-10)19(16,17)12-6-7-3-2-4-7/h5,7,11-12H,2-4,6H2,1H3. The smallest absolute Gasteiger partial charge is 0.304 e. The van der Waals surface area contributed by atoms with Crippen molar-refractivity contribution in [2.45, 2.75) is 23.5 Å². The van der Waals surface area contributed by atoms with Crippen LogP contribution in [0.25, 0.3) is 0 Å². The molecule has 2 rings (SSSR count). The molecule has 0 amide bonds. The average Bonchev–Trinajstić information content (AvgIpc) is 2.71. The normalized spacial score (nSPS) is 16.1. The molecule has 1 heterocycles. The van der Waals surface area contributed by atoms with E-state index in [-0.39, 0.29) is 14.9 Å². The molecule has 1 saturated carbocycles. The lowest BCUT2D eigenvalue weighted by Gasteiger charge is -2.25. The number of rotatable bonds is 6. The van der Waals surface area contributed by atoms with Gasteiger partial charge >= 0.3 is 5.69 Å². The Morgan fingerprint density at radius 3 is 2.63 bits per heavy atom. The molecule has 0 aromatic carbocycles. The van der Waals surface area contributed by atoms with Gasteiger partial charge < -0.3 is 5.32 Å². The van der Waals surface area contributed by atoms with Crippen LogP contribution in [0.5, 0.6) is 0 Å². The third-order valence-corrected chi connectivity index (χ3v) is 6.20. The highest BCUT2D eigenvalue weighted by Crippen LogP contribution is 2.36. The molecule has 2 N–H and O–H groups in total. The molecule has 7 nitrogen and oxygen atoms in total. The molecule has 1 aliphatic carbocycles. The van der Waals surface area contributed by atoms with Gasteiger partial charge in [-0.1, -0.05) is 17.8 Å². The van der Waals surface area contributed by atoms with Crippen LogP contribution in [-0.2, 0) is 10.0 Å². The summed E-state index contributed by atoms with van der Waals surface area (Å²) in [6.07, 6.45) is 3.21. The first-order chi connectivity index (χ1) is 8.94. The maximum Gasteiger partial charge on any atom is 0.304 e. The van der Waals surface area contributed by atoms with Crippen molar-refractivity contribution in [2.75, 3.05) is 18.9 Å². The molecule has 1 fully saturated rings. The molecule has 1 aliphatic rings. The van der Waals surface area contributed by atoms with Crippen LogP contribution in [0.15, 0.2) is 10.3 Å². The maximum atomic E-state index is 12.0. The SMILES string of the molecule is CNc1sc(S(=O)(=O)NCC2CCC2)cc1[N+](=O)[O-]. The molecular formula is C10H15N3O4S2. The Bertz CT molecular complexity index is 578. The molecule has 0 aliphatic heterocycles. The zero-order chi connectivity index (χ0) is 14.0. The van der Waals surface area contributed by atoms with Crippen LogP contribution in [0.3, 0.4) is 0 Å². The third kappa shape index (κ3) is 3.04. The molecule has 19 heavy (non-hydrogen) atoms. The van der Waals surface area contributed by atoms with E-state index in [4.69, 9.17) is 0 Å². The van der Waals surface area contributed by atoms with Gasteiger partial charge in [0.15, 0.2) is 5.00 Å². The first kappa shape index (κ1) is 14.2. The van der Waals surface area contributed by atoms with Crippen LogP contribution in [0.1, 0.15) is 19.3 Å². The van der Waals surface area contributed by atoms with Crippen molar-refractivity contribution in [3.8, 4) is 0 Å². The van der Waals surface area contributed by atoms with E-state index in [2.05, 4.69) is 10.0 Å². The number of nitrogens with zero attached hydrogens (tertiary/aromatic N) is 1. The van der Waals surface area contributed by atoms with Gasteiger partial charge in [-0.25, -0.2) is 13.1 Å². The predicted octanol–water partition coefficient (Wildman–Crippen LogP) is 1.78. The van der Waals surface area contributed by atoms with E-state index in [0.29, 0.717) is 12.5 Å². The van der Waals surface area contributed by atoms with Crippen molar-refractivity contribution in [1.82, 2.24) is 4.72 Å². The van der Waals surface area contributed by atoms with Crippen molar-refractivity contribution in [1.29, 1.82) is 0 Å². The van der Waals surface area contributed by atoms with Crippen LogP contribution >= 0.6 is 11.3 Å². The minimum Gasteiger partial charge on any atom is -0.374 e. The van der Waals surface area contributed by atoms with E-state index in [9.17, 15) is 18.5 Å². The molecule has 0 spiro atoms. The lowest BCUT2D eigenvalue weighted by atomic mass is 9.86. The number of hydrogen-bond acceptors (Lipinski definition) is 6. The number of hydrogen-bond donors (Lipinski definition) is 2. The first-order valence-corrected chi connectivity index (χ1v) is 8.19. The van der Waals surface area contributed by atoms with E-state index >= 15 is 0 Å². The van der Waals surface area contributed by atoms with Gasteiger partial charge in [0.25, 0.3) is 0 Å². The van der Waals surface area contributed by atoms with E-state index in [1.807, 2.05) is 0 Å². The summed E-state index contributed by atoms with van der Waals surface area (Å²) in [5, 5.41) is 13.7. The second-order valence-electron chi connectivity index (χ2n) is 4.44. The Morgan fingerprint density at radius 2 is 2.21 bits per heavy atom. The Hall–Kier alpha value is -1.19. The van der Waals surface area contributed by atoms with Crippen LogP contribution < -0.4 is 10.0 Å². The molecule has 0 radical (unpaired) electrons. The van der Waals surface area contributed by atoms with Crippen molar-refractivity contribution >= 4 is 32.0 Å². The van der Waals surface area contributed by atoms with Gasteiger partial charge in [0.05, 0.1) is 4.92 Å². The Morgan fingerprint density at radius 1 is 1.53 bits per heavy atom. The summed E-state index contributed by atoms with van der Waals surface area (Å²) >= 11 is 0.869. The van der Waals surface area contributed by atoms with E-state index in [1.165, 1.54) is 7.05 Å². The summed E-state index contributed by atoms with van der Waals surface area (Å²) in [5.41, 5.74) is -0.212. The van der Waals surface area contributed by atoms with Gasteiger partial charge in [-0.05, 0) is 18.8 Å². The summed E-state index contributed by atoms with van der Waals surface area (Å²) < 4.78 is 26.5. The minimum atomic E-state index is -3.65. The fraction of sp³-hybridized carbons (Fsp3) is 0.600. The maximum absolute atomic E-state index is 12.0. The van der Waals surface area contributed by atoms with Gasteiger partial charge in [0.2, 0.25) is 10.0 Å². The summed E-state index contributed by atoms with van der Waals surface area (Å²) in [4.78, 5) is 10.2. The fourth-order valence-corrected chi connectivity index (χ4v) is 4.24. The highest BCUT2D eigenvalue weighted by Gasteiger charge is 2.27. The van der Waals surface area contributed by atoms with Crippen LogP contribution in [0.4, 0.5) is 10.7 Å². The quantitative estimate of drug-likeness (QED) is 0.616. The van der Waals surface area contributed by atoms with Crippen LogP contribution in [-0.4, -0.2) is 26.9 Å². The fourth-order valence-electron chi connectivity index (χ4n) is 1.80. The molecule has 0 saturated heterocycles. The van der Waals surface area contributed by atoms with Crippen molar-refractivity contribution in [3.05, 3.63) is 16.2 Å². The van der Waals surface area contributed by atoms with E-state index in [0.717, 1.165) is 36.7 Å². The number of nitro groups is 1. The summed E-state index contributed by atoms with van der Waals surface area (Å²) in [6.45, 7) is 0.406. The van der Waals surface area contributed by atoms with E-state index in [1.54, 1.807) is 0 Å². The summed E-state index contributed by atoms with van der Waals surface area (Å²) in [7, 11) is -2.13. The molecule has 0 atom stereocenters. The molecule has 0 unspecified atom stereocenters. The molecule has 106 valence electrons. The Labute approximate surface area is 115 Å². The van der Waals surface area contributed by atoms with Gasteiger partial charge in [-0.3, -0.25) is 10.1 Å². The summed E-state index contributed by atoms with van der Waals surface area (Å²) in [5.74, 6) is 0.397. The van der Waals surface area contributed by atoms with E-state index < -0.39 is 14.9 Å². The molecule has 1 aromatic rings. The van der Waals surface area contributed by atoms with Crippen molar-refractivity contribution < 1.29 is 13.3 Å². The summed E-state index contributed by atoms with van der Waals surface area (Å²) in [6, 6.07) is 1.10. The largest absolute Gasteiger partial charge is 0.374 e. The van der Waals surface area contributed by atoms with Crippen molar-refractivity contribution in [3.63, 3.8) is 0 Å². The second-order valence-corrected chi connectivity index (χ2v) is 7.48. The number of anilines is 1. The molecule has 1 aromatic heterocycles. The van der Waals surface area contributed by atoms with Crippen LogP contribution in [0.2, 0.25) is 0 Å². The lowest BCUT2D eigenvalue weighted by molar-refractivity contribution is -0.383. The predicted molar refractivity (Wildman–Crippen MR) is 73.0 cm³/mol. The number of thiophene rings is 1. The van der Waals surface area contributed by atoms with Crippen molar-refractivity contribution in [2.24, 2.45) is 5.92 Å². The number of sulfonamides is 1. The second kappa shape index (κ2) is 5.43. The highest BCUT2D eigenvalue weighted by atomic mass is 32.2. The third-order valence-electron chi connectivity index (χ3n) is 3.17. The van der Waals surface area contributed by atoms with Gasteiger partial charge in [-0.2, -0.15) is 0 Å². The first-order valence-electron chi connectivity index (χ1n) is 5.89. The highest BCUT2D eigenvalue weighted by molar-refractivity contribution is 7.91. The number of nitrogens with one attached hydrogen (secondary N) is 2. The molecule has 9 heteroatoms. The molecule has 0 bridgehead atoms. The van der Waals surface area contributed by atoms with Crippen LogP contribution in [0, 0.1) is 16.0 Å². The monoisotopic (exact) mass is 305 g/mol.